The minimum atomic E-state index is -0.353. The fourth-order valence-corrected chi connectivity index (χ4v) is 1.68. The number of aryl methyl sites for hydroxylation is 1. The predicted molar refractivity (Wildman–Crippen MR) is 59.6 cm³/mol. The number of rotatable bonds is 3. The summed E-state index contributed by atoms with van der Waals surface area (Å²) in [7, 11) is 0. The second kappa shape index (κ2) is 4.86. The summed E-state index contributed by atoms with van der Waals surface area (Å²) in [5.74, 6) is 0. The van der Waals surface area contributed by atoms with Crippen molar-refractivity contribution in [2.45, 2.75) is 33.1 Å². The van der Waals surface area contributed by atoms with Gasteiger partial charge in [-0.1, -0.05) is 30.7 Å². The predicted octanol–water partition coefficient (Wildman–Crippen LogP) is 0.901. The molecule has 0 radical (unpaired) electrons. The molecule has 7 heteroatoms. The first kappa shape index (κ1) is 11.4. The maximum absolute atomic E-state index is 12.0. The zero-order valence-electron chi connectivity index (χ0n) is 9.87. The number of carbonyl (C=O) groups excluding carboxylic acids is 1. The van der Waals surface area contributed by atoms with Crippen molar-refractivity contribution in [3.63, 3.8) is 0 Å². The van der Waals surface area contributed by atoms with Crippen LogP contribution in [0.25, 0.3) is 0 Å². The molecular formula is C10H14N6O. The zero-order chi connectivity index (χ0) is 12.3. The van der Waals surface area contributed by atoms with Crippen LogP contribution in [0.5, 0.6) is 0 Å². The van der Waals surface area contributed by atoms with Gasteiger partial charge in [-0.3, -0.25) is 0 Å². The van der Waals surface area contributed by atoms with E-state index in [1.807, 2.05) is 6.92 Å². The average Bonchev–Trinajstić information content (AvgIpc) is 2.97. The monoisotopic (exact) mass is 234 g/mol. The average molecular weight is 234 g/mol. The topological polar surface area (TPSA) is 78.5 Å². The lowest BCUT2D eigenvalue weighted by molar-refractivity contribution is 0.236. The summed E-state index contributed by atoms with van der Waals surface area (Å²) in [6.07, 6.45) is 5.45. The fourth-order valence-electron chi connectivity index (χ4n) is 1.68. The van der Waals surface area contributed by atoms with E-state index in [2.05, 4.69) is 27.5 Å². The molecule has 0 spiro atoms. The number of nitrogens with zero attached hydrogens (tertiary/aromatic N) is 6. The van der Waals surface area contributed by atoms with E-state index in [0.29, 0.717) is 6.42 Å². The molecule has 7 nitrogen and oxygen atoms in total. The second-order valence-corrected chi connectivity index (χ2v) is 3.63. The second-order valence-electron chi connectivity index (χ2n) is 3.63. The molecule has 0 atom stereocenters. The van der Waals surface area contributed by atoms with Crippen molar-refractivity contribution in [3.05, 3.63) is 23.8 Å². The van der Waals surface area contributed by atoms with Gasteiger partial charge in [0.15, 0.2) is 0 Å². The highest BCUT2D eigenvalue weighted by Gasteiger charge is 2.17. The smallest absolute Gasteiger partial charge is 0.243 e. The summed E-state index contributed by atoms with van der Waals surface area (Å²) < 4.78 is 2.43. The summed E-state index contributed by atoms with van der Waals surface area (Å²) in [6, 6.07) is -0.353. The molecule has 0 aliphatic rings. The van der Waals surface area contributed by atoms with Crippen LogP contribution in [0, 0.1) is 0 Å². The van der Waals surface area contributed by atoms with Crippen molar-refractivity contribution in [1.29, 1.82) is 0 Å². The van der Waals surface area contributed by atoms with Crippen LogP contribution in [0.15, 0.2) is 12.4 Å². The number of aromatic nitrogens is 6. The van der Waals surface area contributed by atoms with Gasteiger partial charge >= 0.3 is 6.03 Å². The highest BCUT2D eigenvalue weighted by Crippen LogP contribution is 2.09. The van der Waals surface area contributed by atoms with Crippen molar-refractivity contribution < 1.29 is 4.79 Å². The largest absolute Gasteiger partial charge is 0.372 e. The molecule has 0 aliphatic heterocycles. The van der Waals surface area contributed by atoms with E-state index in [-0.39, 0.29) is 6.03 Å². The van der Waals surface area contributed by atoms with Gasteiger partial charge in [0.05, 0.1) is 23.8 Å². The van der Waals surface area contributed by atoms with Crippen LogP contribution < -0.4 is 0 Å². The van der Waals surface area contributed by atoms with Gasteiger partial charge in [0.25, 0.3) is 0 Å². The van der Waals surface area contributed by atoms with E-state index in [9.17, 15) is 4.79 Å². The normalized spacial score (nSPS) is 10.7. The third-order valence-corrected chi connectivity index (χ3v) is 2.47. The summed E-state index contributed by atoms with van der Waals surface area (Å²) >= 11 is 0. The molecule has 2 heterocycles. The Bertz CT molecular complexity index is 501. The summed E-state index contributed by atoms with van der Waals surface area (Å²) in [4.78, 5) is 12.0. The Morgan fingerprint density at radius 2 is 2.18 bits per heavy atom. The molecule has 17 heavy (non-hydrogen) atoms. The minimum Gasteiger partial charge on any atom is -0.243 e. The van der Waals surface area contributed by atoms with Gasteiger partial charge in [-0.2, -0.15) is 9.36 Å². The Labute approximate surface area is 98.4 Å². The maximum Gasteiger partial charge on any atom is 0.372 e. The van der Waals surface area contributed by atoms with Crippen LogP contribution in [0.3, 0.4) is 0 Å². The van der Waals surface area contributed by atoms with Crippen molar-refractivity contribution in [1.82, 2.24) is 30.0 Å². The molecule has 0 N–H and O–H groups in total. The number of carbonyl (C=O) groups is 1. The molecule has 2 aromatic rings. The number of hydrogen-bond acceptors (Lipinski definition) is 5. The van der Waals surface area contributed by atoms with E-state index in [1.165, 1.54) is 17.1 Å². The zero-order valence-corrected chi connectivity index (χ0v) is 9.87. The quantitative estimate of drug-likeness (QED) is 0.788. The van der Waals surface area contributed by atoms with Gasteiger partial charge in [-0.25, -0.2) is 4.79 Å². The van der Waals surface area contributed by atoms with Crippen LogP contribution in [-0.4, -0.2) is 36.0 Å². The Hall–Kier alpha value is -2.05. The molecule has 0 unspecified atom stereocenters. The van der Waals surface area contributed by atoms with Gasteiger partial charge in [-0.15, -0.1) is 10.2 Å². The fraction of sp³-hybridized carbons (Fsp3) is 0.500. The van der Waals surface area contributed by atoms with Crippen molar-refractivity contribution in [3.8, 4) is 0 Å². The van der Waals surface area contributed by atoms with Crippen molar-refractivity contribution in [2.75, 3.05) is 0 Å². The van der Waals surface area contributed by atoms with Crippen LogP contribution >= 0.6 is 0 Å². The Morgan fingerprint density at radius 3 is 2.76 bits per heavy atom. The van der Waals surface area contributed by atoms with E-state index in [1.54, 1.807) is 0 Å². The Morgan fingerprint density at radius 1 is 1.35 bits per heavy atom. The molecule has 0 saturated carbocycles. The molecular weight excluding hydrogens is 220 g/mol. The van der Waals surface area contributed by atoms with Gasteiger partial charge in [0, 0.05) is 0 Å². The van der Waals surface area contributed by atoms with Gasteiger partial charge in [0.1, 0.15) is 0 Å². The van der Waals surface area contributed by atoms with Crippen molar-refractivity contribution in [2.24, 2.45) is 0 Å². The highest BCUT2D eigenvalue weighted by atomic mass is 16.2. The molecule has 0 aromatic carbocycles. The molecule has 0 saturated heterocycles. The third kappa shape index (κ3) is 2.08. The lowest BCUT2D eigenvalue weighted by Crippen LogP contribution is -2.23. The van der Waals surface area contributed by atoms with Crippen LogP contribution in [-0.2, 0) is 12.8 Å². The number of hydrogen-bond donors (Lipinski definition) is 0. The lowest BCUT2D eigenvalue weighted by Gasteiger charge is -2.03. The minimum absolute atomic E-state index is 0.353. The first-order chi connectivity index (χ1) is 8.27. The Balaban J connectivity index is 2.35. The van der Waals surface area contributed by atoms with E-state index in [0.717, 1.165) is 28.9 Å². The SMILES string of the molecule is CCCc1nnn(C(=O)n2ccnn2)c1CC. The molecule has 0 bridgehead atoms. The first-order valence-electron chi connectivity index (χ1n) is 5.62. The molecule has 0 aliphatic carbocycles. The lowest BCUT2D eigenvalue weighted by atomic mass is 10.2. The van der Waals surface area contributed by atoms with E-state index >= 15 is 0 Å². The molecule has 2 aromatic heterocycles. The van der Waals surface area contributed by atoms with Crippen LogP contribution in [0.1, 0.15) is 31.7 Å². The van der Waals surface area contributed by atoms with Crippen molar-refractivity contribution >= 4 is 6.03 Å². The summed E-state index contributed by atoms with van der Waals surface area (Å²) in [5, 5.41) is 15.2. The highest BCUT2D eigenvalue weighted by molar-refractivity contribution is 5.77. The van der Waals surface area contributed by atoms with E-state index in [4.69, 9.17) is 0 Å². The maximum atomic E-state index is 12.0. The molecule has 2 rings (SSSR count). The van der Waals surface area contributed by atoms with E-state index < -0.39 is 0 Å². The van der Waals surface area contributed by atoms with Crippen LogP contribution in [0.4, 0.5) is 4.79 Å². The van der Waals surface area contributed by atoms with Gasteiger partial charge in [-0.05, 0) is 12.8 Å². The van der Waals surface area contributed by atoms with Crippen LogP contribution in [0.2, 0.25) is 0 Å². The third-order valence-electron chi connectivity index (χ3n) is 2.47. The summed E-state index contributed by atoms with van der Waals surface area (Å²) in [6.45, 7) is 4.04. The standard InChI is InChI=1S/C10H14N6O/c1-3-5-8-9(4-2)16(14-12-8)10(17)15-7-6-11-13-15/h6-7H,3-5H2,1-2H3. The Kier molecular flexibility index (Phi) is 3.27. The van der Waals surface area contributed by atoms with Gasteiger partial charge < -0.3 is 0 Å². The molecule has 0 amide bonds. The van der Waals surface area contributed by atoms with Gasteiger partial charge in [0.2, 0.25) is 0 Å². The summed E-state index contributed by atoms with van der Waals surface area (Å²) in [5.41, 5.74) is 1.72. The molecule has 0 fully saturated rings. The first-order valence-corrected chi connectivity index (χ1v) is 5.62. The molecule has 90 valence electrons.